The summed E-state index contributed by atoms with van der Waals surface area (Å²) < 4.78 is 5.72. The van der Waals surface area contributed by atoms with Crippen LogP contribution in [0.1, 0.15) is 6.42 Å². The first-order chi connectivity index (χ1) is 20.4. The number of para-hydroxylation sites is 1. The maximum Gasteiger partial charge on any atom is 0.327 e. The van der Waals surface area contributed by atoms with Crippen molar-refractivity contribution < 1.29 is 14.3 Å². The van der Waals surface area contributed by atoms with Crippen LogP contribution in [0.3, 0.4) is 0 Å². The predicted octanol–water partition coefficient (Wildman–Crippen LogP) is 4.05. The van der Waals surface area contributed by atoms with Crippen LogP contribution in [0.5, 0.6) is 5.75 Å². The number of rotatable bonds is 9. The highest BCUT2D eigenvalue weighted by Crippen LogP contribution is 2.33. The van der Waals surface area contributed by atoms with Crippen LogP contribution in [0, 0.1) is 5.92 Å². The summed E-state index contributed by atoms with van der Waals surface area (Å²) in [5.74, 6) is 1.66. The number of amides is 3. The standard InChI is InChI=1S/C31H38N8O3/c1-4-30(40)38-13-12-23(20-38)21-39(31(41)34-24-8-6-5-7-9-24)29-19-28(32-22-33-29)35-26-11-10-25(18-27(26)42-3)37-16-14-36(2)15-17-37/h4-11,18-19,22-23H,1,12-17,20-21H2,2-3H3,(H,34,41)(H,32,33,35)/t23-/m0/s1. The third-order valence-electron chi connectivity index (χ3n) is 7.73. The number of likely N-dealkylation sites (N-methyl/N-ethyl adjacent to an activating group) is 1. The second kappa shape index (κ2) is 13.3. The fraction of sp³-hybridized carbons (Fsp3) is 0.355. The van der Waals surface area contributed by atoms with Crippen LogP contribution in [0.4, 0.5) is 33.5 Å². The molecule has 3 aromatic rings. The monoisotopic (exact) mass is 570 g/mol. The number of nitrogens with one attached hydrogen (secondary N) is 2. The maximum atomic E-state index is 13.6. The van der Waals surface area contributed by atoms with Gasteiger partial charge in [-0.1, -0.05) is 24.8 Å². The van der Waals surface area contributed by atoms with Gasteiger partial charge >= 0.3 is 6.03 Å². The number of piperazine rings is 1. The second-order valence-corrected chi connectivity index (χ2v) is 10.6. The fourth-order valence-electron chi connectivity index (χ4n) is 5.31. The summed E-state index contributed by atoms with van der Waals surface area (Å²) in [5, 5.41) is 6.31. The number of ether oxygens (including phenoxy) is 1. The van der Waals surface area contributed by atoms with Crippen molar-refractivity contribution in [3.63, 3.8) is 0 Å². The minimum atomic E-state index is -0.312. The molecule has 2 N–H and O–H groups in total. The number of likely N-dealkylation sites (tertiary alicyclic amines) is 1. The third kappa shape index (κ3) is 6.98. The van der Waals surface area contributed by atoms with Crippen molar-refractivity contribution in [1.82, 2.24) is 19.8 Å². The Morgan fingerprint density at radius 2 is 1.86 bits per heavy atom. The number of carbonyl (C=O) groups excluding carboxylic acids is 2. The van der Waals surface area contributed by atoms with E-state index in [1.165, 1.54) is 12.4 Å². The Kier molecular flexibility index (Phi) is 9.18. The first-order valence-electron chi connectivity index (χ1n) is 14.2. The molecule has 3 heterocycles. The van der Waals surface area contributed by atoms with Crippen molar-refractivity contribution in [2.75, 3.05) is 80.4 Å². The molecule has 1 atom stereocenters. The summed E-state index contributed by atoms with van der Waals surface area (Å²) in [6.45, 7) is 9.12. The van der Waals surface area contributed by atoms with Gasteiger partial charge in [-0.2, -0.15) is 0 Å². The number of aromatic nitrogens is 2. The number of nitrogens with zero attached hydrogens (tertiary/aromatic N) is 6. The highest BCUT2D eigenvalue weighted by molar-refractivity contribution is 6.01. The highest BCUT2D eigenvalue weighted by atomic mass is 16.5. The zero-order valence-electron chi connectivity index (χ0n) is 24.2. The maximum absolute atomic E-state index is 13.6. The van der Waals surface area contributed by atoms with Gasteiger partial charge in [-0.15, -0.1) is 0 Å². The molecule has 2 aliphatic heterocycles. The molecule has 3 amide bonds. The predicted molar refractivity (Wildman–Crippen MR) is 166 cm³/mol. The number of methoxy groups -OCH3 is 1. The summed E-state index contributed by atoms with van der Waals surface area (Å²) in [7, 11) is 3.79. The minimum absolute atomic E-state index is 0.0870. The number of carbonyl (C=O) groups is 2. The van der Waals surface area contributed by atoms with E-state index in [4.69, 9.17) is 4.74 Å². The van der Waals surface area contributed by atoms with E-state index in [0.717, 1.165) is 44.0 Å². The molecule has 0 aliphatic carbocycles. The number of hydrogen-bond donors (Lipinski definition) is 2. The quantitative estimate of drug-likeness (QED) is 0.371. The summed E-state index contributed by atoms with van der Waals surface area (Å²) >= 11 is 0. The van der Waals surface area contributed by atoms with E-state index in [9.17, 15) is 9.59 Å². The zero-order chi connectivity index (χ0) is 29.5. The van der Waals surface area contributed by atoms with Gasteiger partial charge in [-0.25, -0.2) is 14.8 Å². The lowest BCUT2D eigenvalue weighted by molar-refractivity contribution is -0.125. The Morgan fingerprint density at radius 3 is 2.60 bits per heavy atom. The molecule has 5 rings (SSSR count). The van der Waals surface area contributed by atoms with Crippen LogP contribution in [-0.2, 0) is 4.79 Å². The molecule has 0 unspecified atom stereocenters. The summed E-state index contributed by atoms with van der Waals surface area (Å²) in [5.41, 5.74) is 2.55. The molecule has 0 saturated carbocycles. The van der Waals surface area contributed by atoms with Gasteiger partial charge in [0.2, 0.25) is 5.91 Å². The Morgan fingerprint density at radius 1 is 1.07 bits per heavy atom. The van der Waals surface area contributed by atoms with E-state index in [0.29, 0.717) is 42.7 Å². The molecular formula is C31H38N8O3. The average molecular weight is 571 g/mol. The van der Waals surface area contributed by atoms with Crippen LogP contribution in [0.25, 0.3) is 0 Å². The van der Waals surface area contributed by atoms with E-state index < -0.39 is 0 Å². The van der Waals surface area contributed by atoms with E-state index in [-0.39, 0.29) is 17.9 Å². The molecule has 2 aliphatic rings. The Labute approximate surface area is 246 Å². The van der Waals surface area contributed by atoms with Crippen LogP contribution >= 0.6 is 0 Å². The van der Waals surface area contributed by atoms with Crippen molar-refractivity contribution in [1.29, 1.82) is 0 Å². The molecule has 220 valence electrons. The molecule has 0 spiro atoms. The van der Waals surface area contributed by atoms with Gasteiger partial charge < -0.3 is 30.1 Å². The van der Waals surface area contributed by atoms with Crippen molar-refractivity contribution in [2.24, 2.45) is 5.92 Å². The smallest absolute Gasteiger partial charge is 0.327 e. The molecule has 2 fully saturated rings. The SMILES string of the molecule is C=CC(=O)N1CC[C@H](CN(C(=O)Nc2ccccc2)c2cc(Nc3ccc(N4CCN(C)CC4)cc3OC)ncn2)C1. The van der Waals surface area contributed by atoms with Crippen molar-refractivity contribution >= 4 is 40.6 Å². The first kappa shape index (κ1) is 28.9. The lowest BCUT2D eigenvalue weighted by Gasteiger charge is -2.34. The molecule has 11 heteroatoms. The van der Waals surface area contributed by atoms with Gasteiger partial charge in [0.15, 0.2) is 0 Å². The topological polar surface area (TPSA) is 106 Å². The van der Waals surface area contributed by atoms with Crippen molar-refractivity contribution in [3.8, 4) is 5.75 Å². The Balaban J connectivity index is 1.35. The van der Waals surface area contributed by atoms with Gasteiger partial charge in [0.25, 0.3) is 0 Å². The first-order valence-corrected chi connectivity index (χ1v) is 14.2. The second-order valence-electron chi connectivity index (χ2n) is 10.6. The van der Waals surface area contributed by atoms with E-state index >= 15 is 0 Å². The van der Waals surface area contributed by atoms with Gasteiger partial charge in [0.05, 0.1) is 12.8 Å². The number of anilines is 5. The molecule has 2 saturated heterocycles. The summed E-state index contributed by atoms with van der Waals surface area (Å²) in [6, 6.07) is 16.8. The molecule has 2 aromatic carbocycles. The molecule has 0 radical (unpaired) electrons. The van der Waals surface area contributed by atoms with Crippen molar-refractivity contribution in [2.45, 2.75) is 6.42 Å². The minimum Gasteiger partial charge on any atom is -0.494 e. The average Bonchev–Trinajstić information content (AvgIpc) is 3.49. The fourth-order valence-corrected chi connectivity index (χ4v) is 5.31. The van der Waals surface area contributed by atoms with E-state index in [2.05, 4.69) is 50.1 Å². The normalized spacial score (nSPS) is 17.0. The number of benzene rings is 2. The van der Waals surface area contributed by atoms with Gasteiger partial charge in [0, 0.05) is 69.3 Å². The summed E-state index contributed by atoms with van der Waals surface area (Å²) in [4.78, 5) is 42.6. The molecule has 11 nitrogen and oxygen atoms in total. The van der Waals surface area contributed by atoms with E-state index in [1.54, 1.807) is 23.0 Å². The third-order valence-corrected chi connectivity index (χ3v) is 7.73. The Bertz CT molecular complexity index is 1390. The van der Waals surface area contributed by atoms with Gasteiger partial charge in [-0.3, -0.25) is 9.69 Å². The van der Waals surface area contributed by atoms with Crippen molar-refractivity contribution in [3.05, 3.63) is 73.6 Å². The molecule has 1 aromatic heterocycles. The lowest BCUT2D eigenvalue weighted by Crippen LogP contribution is -2.44. The lowest BCUT2D eigenvalue weighted by atomic mass is 10.1. The van der Waals surface area contributed by atoms with Crippen LogP contribution in [-0.4, -0.2) is 91.7 Å². The van der Waals surface area contributed by atoms with Crippen LogP contribution < -0.4 is 25.2 Å². The van der Waals surface area contributed by atoms with Crippen LogP contribution in [0.2, 0.25) is 0 Å². The zero-order valence-corrected chi connectivity index (χ0v) is 24.2. The number of urea groups is 1. The summed E-state index contributed by atoms with van der Waals surface area (Å²) in [6.07, 6.45) is 3.55. The molecule has 0 bridgehead atoms. The molecular weight excluding hydrogens is 532 g/mol. The Hall–Kier alpha value is -4.64. The molecule has 42 heavy (non-hydrogen) atoms. The largest absolute Gasteiger partial charge is 0.494 e. The highest BCUT2D eigenvalue weighted by Gasteiger charge is 2.29. The van der Waals surface area contributed by atoms with E-state index in [1.807, 2.05) is 42.5 Å². The number of hydrogen-bond acceptors (Lipinski definition) is 8. The van der Waals surface area contributed by atoms with Crippen LogP contribution in [0.15, 0.2) is 73.6 Å². The van der Waals surface area contributed by atoms with Gasteiger partial charge in [-0.05, 0) is 49.7 Å². The van der Waals surface area contributed by atoms with Gasteiger partial charge in [0.1, 0.15) is 23.7 Å².